The van der Waals surface area contributed by atoms with Gasteiger partial charge in [-0.25, -0.2) is 0 Å². The lowest BCUT2D eigenvalue weighted by Gasteiger charge is -2.10. The summed E-state index contributed by atoms with van der Waals surface area (Å²) in [6, 6.07) is 10.6. The molecule has 19 heavy (non-hydrogen) atoms. The molecule has 1 aromatic heterocycles. The molecule has 96 valence electrons. The smallest absolute Gasteiger partial charge is 0.251 e. The monoisotopic (exact) mass is 254 g/mol. The van der Waals surface area contributed by atoms with Crippen LogP contribution in [0.15, 0.2) is 36.5 Å². The number of aromatic nitrogens is 1. The summed E-state index contributed by atoms with van der Waals surface area (Å²) in [5.74, 6) is -0.159. The summed E-state index contributed by atoms with van der Waals surface area (Å²) in [5.41, 5.74) is 8.11. The van der Waals surface area contributed by atoms with E-state index in [0.717, 1.165) is 0 Å². The Morgan fingerprint density at radius 2 is 2.26 bits per heavy atom. The number of nitrogen functional groups attached to an aromatic ring is 1. The summed E-state index contributed by atoms with van der Waals surface area (Å²) >= 11 is 0. The largest absolute Gasteiger partial charge is 0.397 e. The average Bonchev–Trinajstić information content (AvgIpc) is 2.87. The zero-order chi connectivity index (χ0) is 13.8. The Labute approximate surface area is 111 Å². The Hall–Kier alpha value is -2.74. The van der Waals surface area contributed by atoms with E-state index in [0.29, 0.717) is 29.2 Å². The number of benzene rings is 1. The topological polar surface area (TPSA) is 83.8 Å². The van der Waals surface area contributed by atoms with Gasteiger partial charge in [0.15, 0.2) is 0 Å². The minimum Gasteiger partial charge on any atom is -0.397 e. The van der Waals surface area contributed by atoms with E-state index in [2.05, 4.69) is 11.4 Å². The predicted octanol–water partition coefficient (Wildman–Crippen LogP) is 1.68. The number of nitrogens with zero attached hydrogens (tertiary/aromatic N) is 2. The van der Waals surface area contributed by atoms with Crippen molar-refractivity contribution < 1.29 is 4.79 Å². The number of amides is 1. The number of anilines is 1. The first-order valence-electron chi connectivity index (χ1n) is 5.93. The minimum absolute atomic E-state index is 0.159. The second kappa shape index (κ2) is 5.27. The van der Waals surface area contributed by atoms with Crippen molar-refractivity contribution in [2.75, 3.05) is 12.3 Å². The van der Waals surface area contributed by atoms with Crippen LogP contribution in [0.4, 0.5) is 5.69 Å². The van der Waals surface area contributed by atoms with Crippen molar-refractivity contribution in [3.8, 4) is 11.8 Å². The van der Waals surface area contributed by atoms with Gasteiger partial charge in [-0.05, 0) is 37.3 Å². The van der Waals surface area contributed by atoms with Gasteiger partial charge in [-0.3, -0.25) is 4.79 Å². The standard InChI is InChI=1S/C14H14N4O/c1-2-17-14(19)10-5-6-13(12(16)8-10)18-7-3-4-11(18)9-15/h3-8H,2,16H2,1H3,(H,17,19). The SMILES string of the molecule is CCNC(=O)c1ccc(-n2cccc2C#N)c(N)c1. The van der Waals surface area contributed by atoms with Crippen LogP contribution in [0.25, 0.3) is 5.69 Å². The number of hydrogen-bond donors (Lipinski definition) is 2. The summed E-state index contributed by atoms with van der Waals surface area (Å²) in [5, 5.41) is 11.7. The predicted molar refractivity (Wildman–Crippen MR) is 72.9 cm³/mol. The molecular weight excluding hydrogens is 240 g/mol. The molecule has 0 aliphatic carbocycles. The van der Waals surface area contributed by atoms with E-state index < -0.39 is 0 Å². The van der Waals surface area contributed by atoms with Crippen molar-refractivity contribution in [3.05, 3.63) is 47.8 Å². The first kappa shape index (κ1) is 12.7. The van der Waals surface area contributed by atoms with Gasteiger partial charge in [0.25, 0.3) is 5.91 Å². The van der Waals surface area contributed by atoms with E-state index in [9.17, 15) is 4.79 Å². The molecule has 0 aliphatic rings. The highest BCUT2D eigenvalue weighted by molar-refractivity contribution is 5.95. The highest BCUT2D eigenvalue weighted by Crippen LogP contribution is 2.21. The van der Waals surface area contributed by atoms with Gasteiger partial charge in [-0.2, -0.15) is 5.26 Å². The van der Waals surface area contributed by atoms with Gasteiger partial charge in [0.2, 0.25) is 0 Å². The fraction of sp³-hybridized carbons (Fsp3) is 0.143. The van der Waals surface area contributed by atoms with Gasteiger partial charge in [0.1, 0.15) is 11.8 Å². The molecule has 0 saturated heterocycles. The molecule has 0 saturated carbocycles. The Kier molecular flexibility index (Phi) is 3.53. The van der Waals surface area contributed by atoms with Crippen LogP contribution in [0.5, 0.6) is 0 Å². The normalized spacial score (nSPS) is 9.89. The zero-order valence-corrected chi connectivity index (χ0v) is 10.6. The third-order valence-electron chi connectivity index (χ3n) is 2.75. The van der Waals surface area contributed by atoms with Crippen LogP contribution in [0.2, 0.25) is 0 Å². The first-order chi connectivity index (χ1) is 9.17. The number of rotatable bonds is 3. The van der Waals surface area contributed by atoms with Crippen molar-refractivity contribution in [2.24, 2.45) is 0 Å². The van der Waals surface area contributed by atoms with Crippen LogP contribution in [0, 0.1) is 11.3 Å². The van der Waals surface area contributed by atoms with Crippen LogP contribution >= 0.6 is 0 Å². The first-order valence-corrected chi connectivity index (χ1v) is 5.93. The fourth-order valence-corrected chi connectivity index (χ4v) is 1.86. The molecule has 0 aliphatic heterocycles. The molecule has 1 heterocycles. The molecule has 0 fully saturated rings. The van der Waals surface area contributed by atoms with Crippen LogP contribution in [0.3, 0.4) is 0 Å². The van der Waals surface area contributed by atoms with Gasteiger partial charge in [-0.15, -0.1) is 0 Å². The highest BCUT2D eigenvalue weighted by Gasteiger charge is 2.10. The second-order valence-electron chi connectivity index (χ2n) is 4.01. The van der Waals surface area contributed by atoms with Gasteiger partial charge < -0.3 is 15.6 Å². The Morgan fingerprint density at radius 1 is 1.47 bits per heavy atom. The fourth-order valence-electron chi connectivity index (χ4n) is 1.86. The quantitative estimate of drug-likeness (QED) is 0.817. The van der Waals surface area contributed by atoms with Crippen molar-refractivity contribution >= 4 is 11.6 Å². The molecular formula is C14H14N4O. The van der Waals surface area contributed by atoms with Gasteiger partial charge in [0.05, 0.1) is 11.4 Å². The van der Waals surface area contributed by atoms with E-state index in [1.165, 1.54) is 0 Å². The number of hydrogen-bond acceptors (Lipinski definition) is 3. The third kappa shape index (κ3) is 2.43. The molecule has 2 aromatic rings. The summed E-state index contributed by atoms with van der Waals surface area (Å²) in [7, 11) is 0. The summed E-state index contributed by atoms with van der Waals surface area (Å²) < 4.78 is 1.69. The summed E-state index contributed by atoms with van der Waals surface area (Å²) in [4.78, 5) is 11.7. The van der Waals surface area contributed by atoms with Crippen LogP contribution in [0.1, 0.15) is 23.0 Å². The van der Waals surface area contributed by atoms with E-state index in [-0.39, 0.29) is 5.91 Å². The van der Waals surface area contributed by atoms with Crippen LogP contribution in [-0.2, 0) is 0 Å². The van der Waals surface area contributed by atoms with Gasteiger partial charge in [0, 0.05) is 18.3 Å². The molecule has 1 amide bonds. The van der Waals surface area contributed by atoms with Crippen molar-refractivity contribution in [1.82, 2.24) is 9.88 Å². The lowest BCUT2D eigenvalue weighted by molar-refractivity contribution is 0.0956. The highest BCUT2D eigenvalue weighted by atomic mass is 16.1. The maximum atomic E-state index is 11.7. The molecule has 0 bridgehead atoms. The molecule has 0 spiro atoms. The van der Waals surface area contributed by atoms with Gasteiger partial charge >= 0.3 is 0 Å². The molecule has 5 nitrogen and oxygen atoms in total. The number of nitrogens with one attached hydrogen (secondary N) is 1. The van der Waals surface area contributed by atoms with Gasteiger partial charge in [-0.1, -0.05) is 0 Å². The summed E-state index contributed by atoms with van der Waals surface area (Å²) in [6.45, 7) is 2.42. The number of nitrogens with two attached hydrogens (primary N) is 1. The lowest BCUT2D eigenvalue weighted by Crippen LogP contribution is -2.22. The molecule has 2 rings (SSSR count). The van der Waals surface area contributed by atoms with E-state index >= 15 is 0 Å². The van der Waals surface area contributed by atoms with E-state index in [1.807, 2.05) is 6.92 Å². The lowest BCUT2D eigenvalue weighted by atomic mass is 10.1. The number of nitriles is 1. The Morgan fingerprint density at radius 3 is 2.89 bits per heavy atom. The second-order valence-corrected chi connectivity index (χ2v) is 4.01. The minimum atomic E-state index is -0.159. The summed E-state index contributed by atoms with van der Waals surface area (Å²) in [6.07, 6.45) is 1.76. The molecule has 0 atom stereocenters. The van der Waals surface area contributed by atoms with E-state index in [1.54, 1.807) is 41.1 Å². The molecule has 3 N–H and O–H groups in total. The zero-order valence-electron chi connectivity index (χ0n) is 10.6. The number of carbonyl (C=O) groups excluding carboxylic acids is 1. The average molecular weight is 254 g/mol. The third-order valence-corrected chi connectivity index (χ3v) is 2.75. The van der Waals surface area contributed by atoms with Crippen LogP contribution < -0.4 is 11.1 Å². The van der Waals surface area contributed by atoms with E-state index in [4.69, 9.17) is 11.0 Å². The number of carbonyl (C=O) groups is 1. The Bertz CT molecular complexity index is 652. The molecule has 0 unspecified atom stereocenters. The van der Waals surface area contributed by atoms with Crippen molar-refractivity contribution in [1.29, 1.82) is 5.26 Å². The Balaban J connectivity index is 2.41. The van der Waals surface area contributed by atoms with Crippen LogP contribution in [-0.4, -0.2) is 17.0 Å². The van der Waals surface area contributed by atoms with Crippen molar-refractivity contribution in [3.63, 3.8) is 0 Å². The maximum absolute atomic E-state index is 11.7. The molecule has 5 heteroatoms. The maximum Gasteiger partial charge on any atom is 0.251 e. The molecule has 0 radical (unpaired) electrons. The molecule has 1 aromatic carbocycles. The van der Waals surface area contributed by atoms with Crippen molar-refractivity contribution in [2.45, 2.75) is 6.92 Å².